The summed E-state index contributed by atoms with van der Waals surface area (Å²) >= 11 is 0. The standard InChI is InChI=1S/C22H23N5O2/c28-22(21-17-9-4-10-18(17)25-26-21)27-11-5-6-15(14-27)19-12-23-13-20(24-19)29-16-7-2-1-3-8-16/h1-3,7-8,12-13,15H,4-6,9-11,14H2,(H,25,26)/t15-/m1/s1. The third-order valence-corrected chi connectivity index (χ3v) is 5.73. The van der Waals surface area contributed by atoms with Crippen molar-refractivity contribution >= 4 is 5.91 Å². The number of nitrogens with one attached hydrogen (secondary N) is 1. The van der Waals surface area contributed by atoms with E-state index >= 15 is 0 Å². The summed E-state index contributed by atoms with van der Waals surface area (Å²) < 4.78 is 5.83. The Hall–Kier alpha value is -3.22. The van der Waals surface area contributed by atoms with Gasteiger partial charge < -0.3 is 9.64 Å². The van der Waals surface area contributed by atoms with Crippen molar-refractivity contribution < 1.29 is 9.53 Å². The normalized spacial score (nSPS) is 18.5. The van der Waals surface area contributed by atoms with Gasteiger partial charge >= 0.3 is 0 Å². The van der Waals surface area contributed by atoms with Gasteiger partial charge in [0, 0.05) is 36.5 Å². The number of carbonyl (C=O) groups excluding carboxylic acids is 1. The quantitative estimate of drug-likeness (QED) is 0.738. The summed E-state index contributed by atoms with van der Waals surface area (Å²) in [6.07, 6.45) is 8.34. The molecular formula is C22H23N5O2. The highest BCUT2D eigenvalue weighted by atomic mass is 16.5. The second kappa shape index (κ2) is 7.66. The Morgan fingerprint density at radius 3 is 2.93 bits per heavy atom. The molecule has 148 valence electrons. The molecule has 0 bridgehead atoms. The van der Waals surface area contributed by atoms with E-state index in [0.717, 1.165) is 61.3 Å². The molecule has 1 fully saturated rings. The lowest BCUT2D eigenvalue weighted by Crippen LogP contribution is -2.39. The number of para-hydroxylation sites is 1. The Morgan fingerprint density at radius 2 is 2.03 bits per heavy atom. The average molecular weight is 389 g/mol. The van der Waals surface area contributed by atoms with Crippen molar-refractivity contribution in [2.75, 3.05) is 13.1 Å². The fourth-order valence-corrected chi connectivity index (χ4v) is 4.27. The zero-order valence-corrected chi connectivity index (χ0v) is 16.2. The molecule has 3 aromatic rings. The van der Waals surface area contributed by atoms with Crippen molar-refractivity contribution in [3.8, 4) is 11.6 Å². The Labute approximate surface area is 169 Å². The highest BCUT2D eigenvalue weighted by Gasteiger charge is 2.31. The van der Waals surface area contributed by atoms with Crippen LogP contribution in [0.15, 0.2) is 42.7 Å². The lowest BCUT2D eigenvalue weighted by atomic mass is 9.94. The number of carbonyl (C=O) groups is 1. The molecule has 0 radical (unpaired) electrons. The summed E-state index contributed by atoms with van der Waals surface area (Å²) in [5.41, 5.74) is 3.70. The Kier molecular flexibility index (Phi) is 4.71. The van der Waals surface area contributed by atoms with E-state index in [1.165, 1.54) is 0 Å². The molecule has 29 heavy (non-hydrogen) atoms. The van der Waals surface area contributed by atoms with Crippen LogP contribution < -0.4 is 4.74 Å². The lowest BCUT2D eigenvalue weighted by Gasteiger charge is -2.32. The van der Waals surface area contributed by atoms with Gasteiger partial charge in [0.25, 0.3) is 5.91 Å². The molecule has 7 nitrogen and oxygen atoms in total. The monoisotopic (exact) mass is 389 g/mol. The number of ether oxygens (including phenoxy) is 1. The first-order valence-corrected chi connectivity index (χ1v) is 10.2. The van der Waals surface area contributed by atoms with Gasteiger partial charge in [0.2, 0.25) is 5.88 Å². The van der Waals surface area contributed by atoms with E-state index in [-0.39, 0.29) is 11.8 Å². The summed E-state index contributed by atoms with van der Waals surface area (Å²) in [5.74, 6) is 1.37. The van der Waals surface area contributed by atoms with E-state index in [2.05, 4.69) is 20.2 Å². The maximum Gasteiger partial charge on any atom is 0.274 e. The van der Waals surface area contributed by atoms with Crippen molar-refractivity contribution in [1.82, 2.24) is 25.1 Å². The largest absolute Gasteiger partial charge is 0.437 e. The summed E-state index contributed by atoms with van der Waals surface area (Å²) in [6, 6.07) is 9.55. The molecule has 0 saturated carbocycles. The van der Waals surface area contributed by atoms with Crippen LogP contribution in [-0.4, -0.2) is 44.1 Å². The van der Waals surface area contributed by atoms with Crippen LogP contribution in [-0.2, 0) is 12.8 Å². The first-order valence-electron chi connectivity index (χ1n) is 10.2. The van der Waals surface area contributed by atoms with Crippen LogP contribution in [0.3, 0.4) is 0 Å². The van der Waals surface area contributed by atoms with Gasteiger partial charge in [-0.3, -0.25) is 14.9 Å². The zero-order chi connectivity index (χ0) is 19.6. The number of H-pyrrole nitrogens is 1. The van der Waals surface area contributed by atoms with Crippen molar-refractivity contribution in [2.45, 2.75) is 38.0 Å². The molecule has 5 rings (SSSR count). The van der Waals surface area contributed by atoms with Gasteiger partial charge in [0.1, 0.15) is 5.75 Å². The van der Waals surface area contributed by atoms with Gasteiger partial charge in [-0.1, -0.05) is 18.2 Å². The number of benzene rings is 1. The molecule has 1 saturated heterocycles. The van der Waals surface area contributed by atoms with Crippen LogP contribution in [0.1, 0.15) is 52.6 Å². The number of fused-ring (bicyclic) bond motifs is 1. The van der Waals surface area contributed by atoms with Crippen molar-refractivity contribution in [1.29, 1.82) is 0 Å². The minimum atomic E-state index is 0.0266. The molecule has 1 atom stereocenters. The third kappa shape index (κ3) is 3.60. The SMILES string of the molecule is O=C(c1n[nH]c2c1CCC2)N1CCC[C@@H](c2cncc(Oc3ccccc3)n2)C1. The number of nitrogens with zero attached hydrogens (tertiary/aromatic N) is 4. The van der Waals surface area contributed by atoms with Crippen LogP contribution in [0.5, 0.6) is 11.6 Å². The maximum absolute atomic E-state index is 13.1. The molecule has 3 heterocycles. The van der Waals surface area contributed by atoms with E-state index in [0.29, 0.717) is 18.1 Å². The molecule has 1 aliphatic carbocycles. The van der Waals surface area contributed by atoms with E-state index in [1.807, 2.05) is 35.2 Å². The molecule has 7 heteroatoms. The van der Waals surface area contributed by atoms with Crippen LogP contribution in [0.4, 0.5) is 0 Å². The number of likely N-dealkylation sites (tertiary alicyclic amines) is 1. The number of hydrogen-bond donors (Lipinski definition) is 1. The molecule has 0 spiro atoms. The van der Waals surface area contributed by atoms with Gasteiger partial charge in [0.05, 0.1) is 11.9 Å². The van der Waals surface area contributed by atoms with Crippen molar-refractivity contribution in [3.05, 3.63) is 65.4 Å². The number of piperidine rings is 1. The third-order valence-electron chi connectivity index (χ3n) is 5.73. The minimum absolute atomic E-state index is 0.0266. The molecule has 1 amide bonds. The summed E-state index contributed by atoms with van der Waals surface area (Å²) in [4.78, 5) is 24.0. The highest BCUT2D eigenvalue weighted by molar-refractivity contribution is 5.94. The molecule has 2 aromatic heterocycles. The predicted octanol–water partition coefficient (Wildman–Crippen LogP) is 3.50. The van der Waals surface area contributed by atoms with E-state index in [1.54, 1.807) is 12.4 Å². The first-order chi connectivity index (χ1) is 14.3. The second-order valence-corrected chi connectivity index (χ2v) is 7.67. The van der Waals surface area contributed by atoms with Gasteiger partial charge in [-0.05, 0) is 44.2 Å². The number of rotatable bonds is 4. The number of aromatic nitrogens is 4. The molecule has 2 aliphatic rings. The van der Waals surface area contributed by atoms with Gasteiger partial charge in [-0.15, -0.1) is 0 Å². The summed E-state index contributed by atoms with van der Waals surface area (Å²) in [7, 11) is 0. The minimum Gasteiger partial charge on any atom is -0.437 e. The smallest absolute Gasteiger partial charge is 0.274 e. The number of aromatic amines is 1. The van der Waals surface area contributed by atoms with Crippen LogP contribution in [0.25, 0.3) is 0 Å². The fraction of sp³-hybridized carbons (Fsp3) is 0.364. The second-order valence-electron chi connectivity index (χ2n) is 7.67. The van der Waals surface area contributed by atoms with Crippen LogP contribution in [0, 0.1) is 0 Å². The number of amides is 1. The van der Waals surface area contributed by atoms with Crippen LogP contribution >= 0.6 is 0 Å². The van der Waals surface area contributed by atoms with E-state index in [9.17, 15) is 4.79 Å². The summed E-state index contributed by atoms with van der Waals surface area (Å²) in [5, 5.41) is 7.35. The van der Waals surface area contributed by atoms with Gasteiger partial charge in [-0.2, -0.15) is 5.10 Å². The average Bonchev–Trinajstić information content (AvgIpc) is 3.38. The highest BCUT2D eigenvalue weighted by Crippen LogP contribution is 2.30. The number of aryl methyl sites for hydroxylation is 1. The summed E-state index contributed by atoms with van der Waals surface area (Å²) in [6.45, 7) is 1.38. The van der Waals surface area contributed by atoms with Crippen LogP contribution in [0.2, 0.25) is 0 Å². The topological polar surface area (TPSA) is 84.0 Å². The Bertz CT molecular complexity index is 1020. The number of hydrogen-bond acceptors (Lipinski definition) is 5. The van der Waals surface area contributed by atoms with E-state index in [4.69, 9.17) is 4.74 Å². The Balaban J connectivity index is 1.32. The molecule has 1 aliphatic heterocycles. The molecule has 1 aromatic carbocycles. The van der Waals surface area contributed by atoms with E-state index < -0.39 is 0 Å². The fourth-order valence-electron chi connectivity index (χ4n) is 4.27. The Morgan fingerprint density at radius 1 is 1.14 bits per heavy atom. The van der Waals surface area contributed by atoms with Crippen molar-refractivity contribution in [3.63, 3.8) is 0 Å². The lowest BCUT2D eigenvalue weighted by molar-refractivity contribution is 0.0698. The maximum atomic E-state index is 13.1. The zero-order valence-electron chi connectivity index (χ0n) is 16.2. The van der Waals surface area contributed by atoms with Gasteiger partial charge in [0.15, 0.2) is 5.69 Å². The molecule has 0 unspecified atom stereocenters. The first kappa shape index (κ1) is 17.8. The van der Waals surface area contributed by atoms with Crippen molar-refractivity contribution in [2.24, 2.45) is 0 Å². The molecular weight excluding hydrogens is 366 g/mol. The molecule has 1 N–H and O–H groups in total. The van der Waals surface area contributed by atoms with Gasteiger partial charge in [-0.25, -0.2) is 4.98 Å². The predicted molar refractivity (Wildman–Crippen MR) is 107 cm³/mol.